The predicted octanol–water partition coefficient (Wildman–Crippen LogP) is 0.370. The van der Waals surface area contributed by atoms with Gasteiger partial charge in [-0.1, -0.05) is 0 Å². The molecule has 0 radical (unpaired) electrons. The molecule has 0 saturated carbocycles. The van der Waals surface area contributed by atoms with E-state index < -0.39 is 78.7 Å². The highest BCUT2D eigenvalue weighted by Crippen LogP contribution is 2.40. The molecule has 0 aromatic carbocycles. The second-order valence-corrected chi connectivity index (χ2v) is 10.7. The fourth-order valence-corrected chi connectivity index (χ4v) is 5.33. The van der Waals surface area contributed by atoms with Crippen LogP contribution in [0.15, 0.2) is 12.7 Å². The lowest BCUT2D eigenvalue weighted by atomic mass is 10.1. The number of nitrogens with zero attached hydrogens (tertiary/aromatic N) is 4. The number of nitrogens with one attached hydrogen (secondary N) is 1. The number of aromatic nitrogens is 4. The molecular formula is C26H33N5O12. The lowest BCUT2D eigenvalue weighted by Crippen LogP contribution is -2.40. The quantitative estimate of drug-likeness (QED) is 0.303. The summed E-state index contributed by atoms with van der Waals surface area (Å²) in [5, 5.41) is 3.19. The zero-order valence-corrected chi connectivity index (χ0v) is 24.4. The van der Waals surface area contributed by atoms with Gasteiger partial charge in [0.2, 0.25) is 0 Å². The molecule has 0 aliphatic carbocycles. The molecule has 1 N–H and O–H groups in total. The summed E-state index contributed by atoms with van der Waals surface area (Å²) in [6.45, 7) is 8.19. The number of hydrogen-bond donors (Lipinski definition) is 1. The fourth-order valence-electron chi connectivity index (χ4n) is 5.33. The molecule has 43 heavy (non-hydrogen) atoms. The molecule has 3 saturated heterocycles. The molecule has 3 aliphatic heterocycles. The van der Waals surface area contributed by atoms with E-state index in [1.807, 2.05) is 0 Å². The number of carbonyl (C=O) groups is 4. The molecule has 2 aromatic heterocycles. The van der Waals surface area contributed by atoms with Crippen molar-refractivity contribution in [3.8, 4) is 0 Å². The minimum atomic E-state index is -1.13. The van der Waals surface area contributed by atoms with Crippen molar-refractivity contribution in [3.05, 3.63) is 12.7 Å². The molecule has 17 nitrogen and oxygen atoms in total. The highest BCUT2D eigenvalue weighted by Gasteiger charge is 2.56. The Bertz CT molecular complexity index is 1400. The Kier molecular flexibility index (Phi) is 8.51. The van der Waals surface area contributed by atoms with E-state index in [4.69, 9.17) is 37.9 Å². The maximum atomic E-state index is 12.0. The molecule has 5 rings (SSSR count). The number of rotatable bonds is 9. The second kappa shape index (κ2) is 12.0. The zero-order valence-electron chi connectivity index (χ0n) is 24.4. The average Bonchev–Trinajstić information content (AvgIpc) is 3.63. The number of hydrogen-bond acceptors (Lipinski definition) is 16. The number of fused-ring (bicyclic) bond motifs is 2. The highest BCUT2D eigenvalue weighted by atomic mass is 16.8. The molecule has 2 aromatic rings. The minimum Gasteiger partial charge on any atom is -0.463 e. The van der Waals surface area contributed by atoms with Crippen molar-refractivity contribution in [1.29, 1.82) is 0 Å². The van der Waals surface area contributed by atoms with Crippen molar-refractivity contribution in [1.82, 2.24) is 19.5 Å². The average molecular weight is 608 g/mol. The van der Waals surface area contributed by atoms with Crippen LogP contribution in [0.4, 0.5) is 5.82 Å². The smallest absolute Gasteiger partial charge is 0.303 e. The van der Waals surface area contributed by atoms with Crippen molar-refractivity contribution in [3.63, 3.8) is 0 Å². The van der Waals surface area contributed by atoms with Crippen LogP contribution >= 0.6 is 0 Å². The maximum absolute atomic E-state index is 12.0. The van der Waals surface area contributed by atoms with Crippen LogP contribution in [0.5, 0.6) is 0 Å². The molecule has 8 atom stereocenters. The van der Waals surface area contributed by atoms with Crippen LogP contribution in [-0.4, -0.2) is 105 Å². The van der Waals surface area contributed by atoms with Gasteiger partial charge in [-0.3, -0.25) is 23.7 Å². The van der Waals surface area contributed by atoms with Crippen LogP contribution in [0, 0.1) is 0 Å². The summed E-state index contributed by atoms with van der Waals surface area (Å²) in [6, 6.07) is 0. The Hall–Kier alpha value is -3.93. The van der Waals surface area contributed by atoms with Gasteiger partial charge in [0.15, 0.2) is 47.4 Å². The Labute approximate surface area is 245 Å². The number of carbonyl (C=O) groups excluding carboxylic acids is 4. The number of anilines is 1. The second-order valence-electron chi connectivity index (χ2n) is 10.7. The normalized spacial score (nSPS) is 30.9. The van der Waals surface area contributed by atoms with Gasteiger partial charge >= 0.3 is 23.9 Å². The summed E-state index contributed by atoms with van der Waals surface area (Å²) in [7, 11) is 0. The van der Waals surface area contributed by atoms with Crippen LogP contribution in [0.2, 0.25) is 0 Å². The van der Waals surface area contributed by atoms with Crippen LogP contribution in [0.25, 0.3) is 11.2 Å². The van der Waals surface area contributed by atoms with E-state index in [2.05, 4.69) is 20.3 Å². The topological polar surface area (TPSA) is 198 Å². The van der Waals surface area contributed by atoms with Gasteiger partial charge in [0.05, 0.1) is 6.33 Å². The molecule has 3 aliphatic rings. The van der Waals surface area contributed by atoms with E-state index in [0.717, 1.165) is 0 Å². The van der Waals surface area contributed by atoms with Crippen molar-refractivity contribution >= 4 is 40.9 Å². The van der Waals surface area contributed by atoms with Crippen molar-refractivity contribution in [2.45, 2.75) is 96.4 Å². The lowest BCUT2D eigenvalue weighted by molar-refractivity contribution is -0.189. The van der Waals surface area contributed by atoms with E-state index in [0.29, 0.717) is 5.52 Å². The summed E-state index contributed by atoms with van der Waals surface area (Å²) < 4.78 is 47.0. The van der Waals surface area contributed by atoms with Crippen LogP contribution in [0.1, 0.15) is 47.8 Å². The zero-order chi connectivity index (χ0) is 31.1. The van der Waals surface area contributed by atoms with Gasteiger partial charge in [-0.25, -0.2) is 15.0 Å². The summed E-state index contributed by atoms with van der Waals surface area (Å²) >= 11 is 0. The molecule has 5 heterocycles. The van der Waals surface area contributed by atoms with Crippen molar-refractivity contribution < 1.29 is 57.1 Å². The van der Waals surface area contributed by atoms with Gasteiger partial charge in [-0.2, -0.15) is 0 Å². The minimum absolute atomic E-state index is 0.0313. The van der Waals surface area contributed by atoms with E-state index in [1.54, 1.807) is 13.8 Å². The molecule has 17 heteroatoms. The van der Waals surface area contributed by atoms with Crippen molar-refractivity contribution in [2.24, 2.45) is 0 Å². The van der Waals surface area contributed by atoms with Crippen LogP contribution < -0.4 is 5.32 Å². The summed E-state index contributed by atoms with van der Waals surface area (Å²) in [4.78, 5) is 60.0. The summed E-state index contributed by atoms with van der Waals surface area (Å²) in [5.74, 6) is -2.94. The third-order valence-electron chi connectivity index (χ3n) is 6.85. The third kappa shape index (κ3) is 6.53. The van der Waals surface area contributed by atoms with E-state index in [-0.39, 0.29) is 24.7 Å². The molecule has 0 spiro atoms. The first-order valence-electron chi connectivity index (χ1n) is 13.5. The van der Waals surface area contributed by atoms with Crippen molar-refractivity contribution in [2.75, 3.05) is 18.5 Å². The predicted molar refractivity (Wildman–Crippen MR) is 140 cm³/mol. The number of ether oxygens (including phenoxy) is 8. The van der Waals surface area contributed by atoms with E-state index >= 15 is 0 Å². The Morgan fingerprint density at radius 3 is 2.12 bits per heavy atom. The monoisotopic (exact) mass is 607 g/mol. The largest absolute Gasteiger partial charge is 0.463 e. The van der Waals surface area contributed by atoms with E-state index in [1.165, 1.54) is 44.9 Å². The Morgan fingerprint density at radius 2 is 1.47 bits per heavy atom. The molecule has 234 valence electrons. The van der Waals surface area contributed by atoms with Gasteiger partial charge in [-0.05, 0) is 13.8 Å². The van der Waals surface area contributed by atoms with Gasteiger partial charge in [0, 0.05) is 27.7 Å². The number of imidazole rings is 1. The molecule has 0 amide bonds. The maximum Gasteiger partial charge on any atom is 0.303 e. The third-order valence-corrected chi connectivity index (χ3v) is 6.85. The van der Waals surface area contributed by atoms with Gasteiger partial charge < -0.3 is 43.2 Å². The van der Waals surface area contributed by atoms with Gasteiger partial charge in [0.1, 0.15) is 44.0 Å². The molecule has 0 bridgehead atoms. The first-order chi connectivity index (χ1) is 20.3. The first-order valence-corrected chi connectivity index (χ1v) is 13.5. The SMILES string of the molecule is CC(=O)OC[C@H]1OC(Nc2ncnc3c2ncn3[C@@H]2O[C@H](COC(C)=O)[C@@H](OC(C)=O)[C@H]2OC(C)=O)[C@@H]2OC(C)(C)O[C@H]12. The summed E-state index contributed by atoms with van der Waals surface area (Å²) in [5.41, 5.74) is 0.589. The fraction of sp³-hybridized carbons (Fsp3) is 0.654. The molecule has 3 fully saturated rings. The van der Waals surface area contributed by atoms with Gasteiger partial charge in [0.25, 0.3) is 0 Å². The van der Waals surface area contributed by atoms with Gasteiger partial charge in [-0.15, -0.1) is 0 Å². The van der Waals surface area contributed by atoms with Crippen LogP contribution in [-0.2, 0) is 57.1 Å². The molecule has 1 unspecified atom stereocenters. The summed E-state index contributed by atoms with van der Waals surface area (Å²) in [6.07, 6.45) is -4.00. The Morgan fingerprint density at radius 1 is 0.837 bits per heavy atom. The highest BCUT2D eigenvalue weighted by molar-refractivity contribution is 5.83. The van der Waals surface area contributed by atoms with E-state index in [9.17, 15) is 19.2 Å². The van der Waals surface area contributed by atoms with Crippen LogP contribution in [0.3, 0.4) is 0 Å². The standard InChI is InChI=1S/C26H33N5O12/c1-11(32)36-7-15-18(38-13(3)34)21(39-14(4)35)25(41-15)31-10-29-17-22(27-9-28-23(17)31)30-24-20-19(42-26(5,6)43-20)16(40-24)8-37-12(2)33/h9-10,15-16,18-21,24-25H,7-8H2,1-6H3,(H,27,28,30)/t15-,16-,18-,19-,20-,21-,24?,25-/m1/s1. The molecular weight excluding hydrogens is 574 g/mol. The lowest BCUT2D eigenvalue weighted by Gasteiger charge is -2.24. The first kappa shape index (κ1) is 30.5. The number of esters is 4. The Balaban J connectivity index is 1.43.